The molecule has 24 heavy (non-hydrogen) atoms. The van der Waals surface area contributed by atoms with Gasteiger partial charge in [0.15, 0.2) is 5.82 Å². The Kier molecular flexibility index (Phi) is 4.86. The van der Waals surface area contributed by atoms with Crippen molar-refractivity contribution in [1.82, 2.24) is 15.2 Å². The van der Waals surface area contributed by atoms with Gasteiger partial charge in [-0.25, -0.2) is 4.98 Å². The average molecular weight is 322 g/mol. The Labute approximate surface area is 139 Å². The first-order valence-corrected chi connectivity index (χ1v) is 7.61. The molecule has 0 unspecified atom stereocenters. The highest BCUT2D eigenvalue weighted by molar-refractivity contribution is 5.91. The van der Waals surface area contributed by atoms with Crippen LogP contribution in [-0.2, 0) is 17.6 Å². The predicted molar refractivity (Wildman–Crippen MR) is 91.0 cm³/mol. The van der Waals surface area contributed by atoms with E-state index in [0.29, 0.717) is 23.7 Å². The number of carbonyl (C=O) groups is 1. The molecule has 6 heteroatoms. The number of aromatic nitrogens is 3. The third kappa shape index (κ3) is 4.19. The fourth-order valence-electron chi connectivity index (χ4n) is 2.33. The molecule has 0 saturated heterocycles. The SMILES string of the molecule is COc1cccc(NC(=O)Cc2n[nH]c(Cc3ccccc3)n2)c1. The van der Waals surface area contributed by atoms with Gasteiger partial charge >= 0.3 is 0 Å². The van der Waals surface area contributed by atoms with Crippen molar-refractivity contribution in [2.24, 2.45) is 0 Å². The van der Waals surface area contributed by atoms with Crippen LogP contribution >= 0.6 is 0 Å². The number of rotatable bonds is 6. The lowest BCUT2D eigenvalue weighted by atomic mass is 10.1. The maximum atomic E-state index is 12.1. The van der Waals surface area contributed by atoms with Crippen LogP contribution in [0.4, 0.5) is 5.69 Å². The molecule has 6 nitrogen and oxygen atoms in total. The summed E-state index contributed by atoms with van der Waals surface area (Å²) < 4.78 is 5.13. The minimum absolute atomic E-state index is 0.114. The number of methoxy groups -OCH3 is 1. The molecule has 0 fully saturated rings. The first-order chi connectivity index (χ1) is 11.7. The van der Waals surface area contributed by atoms with Crippen LogP contribution in [0.2, 0.25) is 0 Å². The number of aromatic amines is 1. The molecular weight excluding hydrogens is 304 g/mol. The van der Waals surface area contributed by atoms with Crippen molar-refractivity contribution in [3.63, 3.8) is 0 Å². The van der Waals surface area contributed by atoms with E-state index in [1.54, 1.807) is 19.2 Å². The van der Waals surface area contributed by atoms with Gasteiger partial charge in [-0.05, 0) is 17.7 Å². The second-order valence-electron chi connectivity index (χ2n) is 5.32. The highest BCUT2D eigenvalue weighted by atomic mass is 16.5. The number of carbonyl (C=O) groups excluding carboxylic acids is 1. The van der Waals surface area contributed by atoms with E-state index in [2.05, 4.69) is 20.5 Å². The molecule has 0 aliphatic carbocycles. The van der Waals surface area contributed by atoms with Gasteiger partial charge in [-0.15, -0.1) is 0 Å². The molecule has 1 aromatic heterocycles. The summed E-state index contributed by atoms with van der Waals surface area (Å²) in [5, 5.41) is 9.80. The van der Waals surface area contributed by atoms with Gasteiger partial charge in [0.25, 0.3) is 0 Å². The molecule has 1 amide bonds. The molecule has 3 rings (SSSR count). The lowest BCUT2D eigenvalue weighted by Crippen LogP contribution is -2.15. The van der Waals surface area contributed by atoms with E-state index >= 15 is 0 Å². The number of H-pyrrole nitrogens is 1. The van der Waals surface area contributed by atoms with Crippen molar-refractivity contribution in [3.8, 4) is 5.75 Å². The van der Waals surface area contributed by atoms with E-state index in [1.165, 1.54) is 0 Å². The summed E-state index contributed by atoms with van der Waals surface area (Å²) in [5.41, 5.74) is 1.82. The maximum absolute atomic E-state index is 12.1. The topological polar surface area (TPSA) is 79.9 Å². The summed E-state index contributed by atoms with van der Waals surface area (Å²) in [6.45, 7) is 0. The summed E-state index contributed by atoms with van der Waals surface area (Å²) in [6, 6.07) is 17.2. The van der Waals surface area contributed by atoms with Crippen LogP contribution in [0.15, 0.2) is 54.6 Å². The van der Waals surface area contributed by atoms with Crippen molar-refractivity contribution < 1.29 is 9.53 Å². The number of hydrogen-bond donors (Lipinski definition) is 2. The maximum Gasteiger partial charge on any atom is 0.232 e. The van der Waals surface area contributed by atoms with Gasteiger partial charge in [-0.1, -0.05) is 36.4 Å². The number of amides is 1. The molecular formula is C18H18N4O2. The molecule has 3 aromatic rings. The summed E-state index contributed by atoms with van der Waals surface area (Å²) in [5.74, 6) is 1.73. The summed E-state index contributed by atoms with van der Waals surface area (Å²) >= 11 is 0. The number of benzene rings is 2. The fraction of sp³-hybridized carbons (Fsp3) is 0.167. The lowest BCUT2D eigenvalue weighted by molar-refractivity contribution is -0.115. The van der Waals surface area contributed by atoms with Gasteiger partial charge in [0, 0.05) is 18.2 Å². The molecule has 1 heterocycles. The van der Waals surface area contributed by atoms with Crippen molar-refractivity contribution in [1.29, 1.82) is 0 Å². The highest BCUT2D eigenvalue weighted by Gasteiger charge is 2.10. The molecule has 0 atom stereocenters. The number of anilines is 1. The van der Waals surface area contributed by atoms with E-state index in [-0.39, 0.29) is 12.3 Å². The Morgan fingerprint density at radius 3 is 2.79 bits per heavy atom. The van der Waals surface area contributed by atoms with Crippen molar-refractivity contribution in [2.75, 3.05) is 12.4 Å². The summed E-state index contributed by atoms with van der Waals surface area (Å²) in [4.78, 5) is 16.5. The first kappa shape index (κ1) is 15.7. The Balaban J connectivity index is 1.58. The van der Waals surface area contributed by atoms with Crippen LogP contribution in [0, 0.1) is 0 Å². The Bertz CT molecular complexity index is 815. The summed E-state index contributed by atoms with van der Waals surface area (Å²) in [6.07, 6.45) is 0.772. The average Bonchev–Trinajstić information content (AvgIpc) is 3.02. The smallest absolute Gasteiger partial charge is 0.232 e. The predicted octanol–water partition coefficient (Wildman–Crippen LogP) is 2.59. The molecule has 2 N–H and O–H groups in total. The van der Waals surface area contributed by atoms with E-state index in [9.17, 15) is 4.79 Å². The first-order valence-electron chi connectivity index (χ1n) is 7.61. The zero-order chi connectivity index (χ0) is 16.8. The number of nitrogens with one attached hydrogen (secondary N) is 2. The van der Waals surface area contributed by atoms with Gasteiger partial charge in [0.1, 0.15) is 11.6 Å². The van der Waals surface area contributed by atoms with Crippen LogP contribution in [0.3, 0.4) is 0 Å². The molecule has 0 bridgehead atoms. The van der Waals surface area contributed by atoms with Crippen molar-refractivity contribution in [3.05, 3.63) is 71.8 Å². The fourth-order valence-corrected chi connectivity index (χ4v) is 2.33. The van der Waals surface area contributed by atoms with Gasteiger partial charge in [-0.3, -0.25) is 9.89 Å². The summed E-state index contributed by atoms with van der Waals surface area (Å²) in [7, 11) is 1.59. The lowest BCUT2D eigenvalue weighted by Gasteiger charge is -2.05. The Morgan fingerprint density at radius 1 is 1.17 bits per heavy atom. The second-order valence-corrected chi connectivity index (χ2v) is 5.32. The molecule has 0 radical (unpaired) electrons. The van der Waals surface area contributed by atoms with Crippen molar-refractivity contribution in [2.45, 2.75) is 12.8 Å². The van der Waals surface area contributed by atoms with Crippen LogP contribution < -0.4 is 10.1 Å². The normalized spacial score (nSPS) is 10.4. The minimum Gasteiger partial charge on any atom is -0.497 e. The molecule has 0 spiro atoms. The van der Waals surface area contributed by atoms with E-state index in [1.807, 2.05) is 42.5 Å². The Hall–Kier alpha value is -3.15. The number of nitrogens with zero attached hydrogens (tertiary/aromatic N) is 2. The molecule has 122 valence electrons. The third-order valence-corrected chi connectivity index (χ3v) is 3.46. The third-order valence-electron chi connectivity index (χ3n) is 3.46. The monoisotopic (exact) mass is 322 g/mol. The van der Waals surface area contributed by atoms with Gasteiger partial charge in [-0.2, -0.15) is 5.10 Å². The van der Waals surface area contributed by atoms with Gasteiger partial charge in [0.2, 0.25) is 5.91 Å². The Morgan fingerprint density at radius 2 is 2.00 bits per heavy atom. The largest absolute Gasteiger partial charge is 0.497 e. The van der Waals surface area contributed by atoms with Crippen LogP contribution in [0.1, 0.15) is 17.2 Å². The standard InChI is InChI=1S/C18H18N4O2/c1-24-15-9-5-8-14(11-15)19-18(23)12-17-20-16(21-22-17)10-13-6-3-2-4-7-13/h2-9,11H,10,12H2,1H3,(H,19,23)(H,20,21,22). The molecule has 0 aliphatic heterocycles. The zero-order valence-corrected chi connectivity index (χ0v) is 13.3. The second kappa shape index (κ2) is 7.41. The van der Waals surface area contributed by atoms with Crippen LogP contribution in [-0.4, -0.2) is 28.2 Å². The molecule has 2 aromatic carbocycles. The van der Waals surface area contributed by atoms with Crippen LogP contribution in [0.25, 0.3) is 0 Å². The van der Waals surface area contributed by atoms with E-state index in [4.69, 9.17) is 4.74 Å². The molecule has 0 aliphatic rings. The van der Waals surface area contributed by atoms with Crippen molar-refractivity contribution >= 4 is 11.6 Å². The number of hydrogen-bond acceptors (Lipinski definition) is 4. The minimum atomic E-state index is -0.173. The highest BCUT2D eigenvalue weighted by Crippen LogP contribution is 2.16. The quantitative estimate of drug-likeness (QED) is 0.731. The van der Waals surface area contributed by atoms with E-state index < -0.39 is 0 Å². The van der Waals surface area contributed by atoms with Crippen LogP contribution in [0.5, 0.6) is 5.75 Å². The molecule has 0 saturated carbocycles. The van der Waals surface area contributed by atoms with Gasteiger partial charge < -0.3 is 10.1 Å². The van der Waals surface area contributed by atoms with E-state index in [0.717, 1.165) is 11.4 Å². The zero-order valence-electron chi connectivity index (χ0n) is 13.3. The number of ether oxygens (including phenoxy) is 1. The van der Waals surface area contributed by atoms with Gasteiger partial charge in [0.05, 0.1) is 13.5 Å².